The van der Waals surface area contributed by atoms with Crippen molar-refractivity contribution in [3.05, 3.63) is 169 Å². The van der Waals surface area contributed by atoms with Crippen molar-refractivity contribution in [1.29, 1.82) is 0 Å². The van der Waals surface area contributed by atoms with Gasteiger partial charge in [0, 0.05) is 133 Å². The molecule has 1 unspecified atom stereocenters. The van der Waals surface area contributed by atoms with Crippen LogP contribution < -0.4 is 15.9 Å². The number of aryl methyl sites for hydroxylation is 1. The second-order valence-corrected chi connectivity index (χ2v) is 22.7. The van der Waals surface area contributed by atoms with E-state index in [1.165, 1.54) is 30.9 Å². The number of benzene rings is 4. The van der Waals surface area contributed by atoms with Crippen LogP contribution in [0.2, 0.25) is 0 Å². The van der Waals surface area contributed by atoms with E-state index in [0.717, 1.165) is 119 Å². The number of hydrogen-bond acceptors (Lipinski definition) is 14. The normalized spacial score (nSPS) is 17.8. The first-order valence-corrected chi connectivity index (χ1v) is 31.6. The molecule has 4 aromatic carbocycles. The highest BCUT2D eigenvalue weighted by atomic mass is 35.5. The van der Waals surface area contributed by atoms with E-state index in [4.69, 9.17) is 4.74 Å². The average molecular weight is 1210 g/mol. The van der Waals surface area contributed by atoms with E-state index in [1.54, 1.807) is 35.5 Å². The fraction of sp³-hybridized carbons (Fsp3) is 0.470. The van der Waals surface area contributed by atoms with E-state index in [1.807, 2.05) is 79.2 Å². The number of amides is 3. The predicted octanol–water partition coefficient (Wildman–Crippen LogP) is 7.22. The standard InChI is InChI=1S/C53H64FN11O5.C10H10N2O.C2H6.CH3Cl/c54-47-11-10-39(28-48-44-8-1-2-9-45(44)52(68)58-57-48)27-46(47)53(69)64-23-21-63(22-24-64)50(66)35-61-19-17-60(18-20-61)31-38-12-15-59(16-13-38)25-26-70-43-7-3-5-40(29-43)41-6-4-14-65(33-41)51(67)36-62-32-42-30-55-37-56-49(42)34-62;1-2-9-7-5-3-4-6-8(7)10(13)12-11-9;2*1-2/h1-3,5,7-11,27,29-30,37-38,41H,4,6,12-26,28,31-36H2,(H,58,68);3-6H,2H2,1H3,(H,12,13);1-2H3;1H3. The van der Waals surface area contributed by atoms with Crippen LogP contribution in [0.5, 0.6) is 5.75 Å². The molecule has 87 heavy (non-hydrogen) atoms. The van der Waals surface area contributed by atoms with E-state index in [9.17, 15) is 24.0 Å². The van der Waals surface area contributed by atoms with Crippen molar-refractivity contribution >= 4 is 50.9 Å². The number of rotatable bonds is 15. The monoisotopic (exact) mass is 1210 g/mol. The second kappa shape index (κ2) is 31.4. The maximum atomic E-state index is 15.1. The maximum absolute atomic E-state index is 15.1. The Morgan fingerprint density at radius 2 is 1.29 bits per heavy atom. The van der Waals surface area contributed by atoms with E-state index < -0.39 is 11.7 Å². The van der Waals surface area contributed by atoms with Crippen molar-refractivity contribution in [2.24, 2.45) is 5.92 Å². The lowest BCUT2D eigenvalue weighted by atomic mass is 9.90. The Morgan fingerprint density at radius 3 is 1.98 bits per heavy atom. The lowest BCUT2D eigenvalue weighted by Crippen LogP contribution is -2.55. The largest absolute Gasteiger partial charge is 0.492 e. The first-order chi connectivity index (χ1) is 42.5. The molecule has 7 aromatic rings. The van der Waals surface area contributed by atoms with Gasteiger partial charge in [-0.05, 0) is 98.6 Å². The SMILES string of the molecule is CC.CCc1n[nH]c(=O)c2ccccc12.CCl.O=C(CN1CCN(CC2CCN(CCOc3cccc(C4CCCN(C(=O)CN5Cc6cncnc6C5)C4)c3)CC2)CC1)N1CCN(C(=O)c2cc(Cc3n[nH]c(=O)c4ccccc34)ccc2F)CC1. The predicted molar refractivity (Wildman–Crippen MR) is 338 cm³/mol. The molecule has 4 fully saturated rings. The Hall–Kier alpha value is -7.49. The van der Waals surface area contributed by atoms with Gasteiger partial charge in [-0.1, -0.05) is 75.4 Å². The molecule has 5 aliphatic heterocycles. The molecule has 0 bridgehead atoms. The Balaban J connectivity index is 0.000000462. The van der Waals surface area contributed by atoms with Gasteiger partial charge in [-0.25, -0.2) is 24.6 Å². The minimum Gasteiger partial charge on any atom is -0.492 e. The van der Waals surface area contributed by atoms with Gasteiger partial charge in [0.05, 0.1) is 46.5 Å². The summed E-state index contributed by atoms with van der Waals surface area (Å²) in [5.41, 5.74) is 5.27. The van der Waals surface area contributed by atoms with Crippen LogP contribution in [0.1, 0.15) is 96.5 Å². The molecule has 8 heterocycles. The molecular formula is C66H83ClFN13O6. The fourth-order valence-corrected chi connectivity index (χ4v) is 12.5. The van der Waals surface area contributed by atoms with E-state index in [2.05, 4.69) is 79.8 Å². The third kappa shape index (κ3) is 16.6. The zero-order chi connectivity index (χ0) is 61.2. The topological polar surface area (TPSA) is 200 Å². The van der Waals surface area contributed by atoms with Gasteiger partial charge in [-0.2, -0.15) is 10.2 Å². The smallest absolute Gasteiger partial charge is 0.272 e. The summed E-state index contributed by atoms with van der Waals surface area (Å²) in [5.74, 6) is 1.13. The highest BCUT2D eigenvalue weighted by Crippen LogP contribution is 2.31. The number of carbonyl (C=O) groups excluding carboxylic acids is 3. The summed E-state index contributed by atoms with van der Waals surface area (Å²) in [6.07, 6.45) is 10.5. The molecule has 12 rings (SSSR count). The van der Waals surface area contributed by atoms with Gasteiger partial charge in [0.25, 0.3) is 17.0 Å². The zero-order valence-electron chi connectivity index (χ0n) is 50.8. The van der Waals surface area contributed by atoms with E-state index >= 15 is 4.39 Å². The van der Waals surface area contributed by atoms with Crippen LogP contribution >= 0.6 is 11.6 Å². The summed E-state index contributed by atoms with van der Waals surface area (Å²) in [4.78, 5) is 87.4. The van der Waals surface area contributed by atoms with Crippen LogP contribution in [-0.4, -0.2) is 200 Å². The summed E-state index contributed by atoms with van der Waals surface area (Å²) < 4.78 is 21.4. The number of nitrogens with one attached hydrogen (secondary N) is 2. The number of aromatic nitrogens is 6. The van der Waals surface area contributed by atoms with Crippen LogP contribution in [0, 0.1) is 11.7 Å². The van der Waals surface area contributed by atoms with Crippen LogP contribution in [0.3, 0.4) is 0 Å². The van der Waals surface area contributed by atoms with Gasteiger partial charge in [-0.3, -0.25) is 38.7 Å². The Labute approximate surface area is 513 Å². The van der Waals surface area contributed by atoms with Crippen molar-refractivity contribution in [3.63, 3.8) is 0 Å². The minimum absolute atomic E-state index is 0.00540. The Kier molecular flexibility index (Phi) is 23.1. The number of ether oxygens (including phenoxy) is 1. The first kappa shape index (κ1) is 64.0. The Morgan fingerprint density at radius 1 is 0.655 bits per heavy atom. The summed E-state index contributed by atoms with van der Waals surface area (Å²) in [6, 6.07) is 27.7. The third-order valence-electron chi connectivity index (χ3n) is 17.3. The van der Waals surface area contributed by atoms with E-state index in [0.29, 0.717) is 98.1 Å². The van der Waals surface area contributed by atoms with Gasteiger partial charge < -0.3 is 24.3 Å². The number of aromatic amines is 2. The number of fused-ring (bicyclic) bond motifs is 3. The molecular weight excluding hydrogens is 1130 g/mol. The summed E-state index contributed by atoms with van der Waals surface area (Å²) in [7, 11) is 0. The summed E-state index contributed by atoms with van der Waals surface area (Å²) >= 11 is 4.64. The van der Waals surface area contributed by atoms with Gasteiger partial charge in [-0.15, -0.1) is 11.6 Å². The molecule has 2 N–H and O–H groups in total. The lowest BCUT2D eigenvalue weighted by molar-refractivity contribution is -0.134. The molecule has 0 spiro atoms. The minimum atomic E-state index is -0.590. The maximum Gasteiger partial charge on any atom is 0.272 e. The highest BCUT2D eigenvalue weighted by Gasteiger charge is 2.31. The number of hydrogen-bond donors (Lipinski definition) is 2. The number of piperazine rings is 2. The third-order valence-corrected chi connectivity index (χ3v) is 17.3. The summed E-state index contributed by atoms with van der Waals surface area (Å²) in [5, 5.41) is 16.2. The zero-order valence-corrected chi connectivity index (χ0v) is 51.5. The summed E-state index contributed by atoms with van der Waals surface area (Å²) in [6.45, 7) is 19.6. The van der Waals surface area contributed by atoms with Crippen LogP contribution in [0.15, 0.2) is 113 Å². The molecule has 3 amide bonds. The molecule has 0 radical (unpaired) electrons. The van der Waals surface area contributed by atoms with Crippen LogP contribution in [0.25, 0.3) is 21.5 Å². The van der Waals surface area contributed by atoms with Crippen LogP contribution in [0.4, 0.5) is 4.39 Å². The van der Waals surface area contributed by atoms with Gasteiger partial charge in [0.15, 0.2) is 0 Å². The molecule has 4 saturated heterocycles. The van der Waals surface area contributed by atoms with Crippen molar-refractivity contribution in [2.75, 3.05) is 118 Å². The quantitative estimate of drug-likeness (QED) is 0.0975. The molecule has 1 atom stereocenters. The number of halogens is 2. The first-order valence-electron chi connectivity index (χ1n) is 30.9. The molecule has 0 aliphatic carbocycles. The fourth-order valence-electron chi connectivity index (χ4n) is 12.5. The number of carbonyl (C=O) groups is 3. The average Bonchev–Trinajstić information content (AvgIpc) is 3.89. The van der Waals surface area contributed by atoms with Crippen molar-refractivity contribution in [2.45, 2.75) is 78.3 Å². The number of likely N-dealkylation sites (tertiary alicyclic amines) is 2. The highest BCUT2D eigenvalue weighted by molar-refractivity contribution is 6.15. The van der Waals surface area contributed by atoms with Gasteiger partial charge >= 0.3 is 0 Å². The molecule has 21 heteroatoms. The lowest BCUT2D eigenvalue weighted by Gasteiger charge is -2.40. The number of alkyl halides is 1. The molecule has 462 valence electrons. The molecule has 3 aromatic heterocycles. The number of H-pyrrole nitrogens is 2. The van der Waals surface area contributed by atoms with Crippen molar-refractivity contribution in [1.82, 2.24) is 64.7 Å². The Bertz CT molecular complexity index is 3520. The van der Waals surface area contributed by atoms with Gasteiger partial charge in [0.2, 0.25) is 11.8 Å². The number of nitrogens with zero attached hydrogens (tertiary/aromatic N) is 11. The van der Waals surface area contributed by atoms with Gasteiger partial charge in [0.1, 0.15) is 24.5 Å². The molecule has 19 nitrogen and oxygen atoms in total. The number of piperidine rings is 2. The van der Waals surface area contributed by atoms with Crippen molar-refractivity contribution in [3.8, 4) is 5.75 Å². The second-order valence-electron chi connectivity index (χ2n) is 22.7. The molecule has 5 aliphatic rings. The molecule has 0 saturated carbocycles. The van der Waals surface area contributed by atoms with Crippen molar-refractivity contribution < 1.29 is 23.5 Å². The van der Waals surface area contributed by atoms with E-state index in [-0.39, 0.29) is 28.5 Å². The van der Waals surface area contributed by atoms with Crippen LogP contribution in [-0.2, 0) is 35.5 Å².